The summed E-state index contributed by atoms with van der Waals surface area (Å²) in [7, 11) is 0. The average Bonchev–Trinajstić information content (AvgIpc) is 2.63. The lowest BCUT2D eigenvalue weighted by atomic mass is 10.1. The number of carbonyl (C=O) groups is 1. The number of aromatic nitrogens is 4. The smallest absolute Gasteiger partial charge is 0.328 e. The zero-order chi connectivity index (χ0) is 18.5. The molecule has 1 aliphatic heterocycles. The van der Waals surface area contributed by atoms with Gasteiger partial charge in [0.2, 0.25) is 5.91 Å². The number of aromatic amines is 1. The van der Waals surface area contributed by atoms with Gasteiger partial charge in [-0.25, -0.2) is 14.8 Å². The van der Waals surface area contributed by atoms with E-state index in [1.807, 2.05) is 0 Å². The number of likely N-dealkylation sites (tertiary alicyclic amines) is 1. The van der Waals surface area contributed by atoms with Crippen molar-refractivity contribution >= 4 is 17.5 Å². The van der Waals surface area contributed by atoms with Crippen LogP contribution in [0.5, 0.6) is 6.01 Å². The third-order valence-corrected chi connectivity index (χ3v) is 4.26. The van der Waals surface area contributed by atoms with Crippen LogP contribution in [0.4, 0.5) is 0 Å². The van der Waals surface area contributed by atoms with Crippen molar-refractivity contribution in [2.24, 2.45) is 0 Å². The summed E-state index contributed by atoms with van der Waals surface area (Å²) < 4.78 is 7.02. The van der Waals surface area contributed by atoms with Crippen LogP contribution in [0.15, 0.2) is 34.2 Å². The normalized spacial score (nSPS) is 17.1. The number of nitrogens with one attached hydrogen (secondary N) is 1. The Kier molecular flexibility index (Phi) is 5.67. The summed E-state index contributed by atoms with van der Waals surface area (Å²) in [5.74, 6) is -0.0755. The molecule has 0 unspecified atom stereocenters. The van der Waals surface area contributed by atoms with Crippen molar-refractivity contribution < 1.29 is 9.53 Å². The number of aryl methyl sites for hydroxylation is 1. The summed E-state index contributed by atoms with van der Waals surface area (Å²) in [5, 5.41) is 0.426. The second-order valence-electron chi connectivity index (χ2n) is 5.96. The highest BCUT2D eigenvalue weighted by atomic mass is 35.5. The van der Waals surface area contributed by atoms with E-state index in [9.17, 15) is 14.4 Å². The average molecular weight is 380 g/mol. The summed E-state index contributed by atoms with van der Waals surface area (Å²) in [4.78, 5) is 47.0. The van der Waals surface area contributed by atoms with Crippen molar-refractivity contribution in [3.8, 4) is 6.01 Å². The van der Waals surface area contributed by atoms with Gasteiger partial charge in [-0.1, -0.05) is 11.6 Å². The molecule has 9 nitrogen and oxygen atoms in total. The second-order valence-corrected chi connectivity index (χ2v) is 6.40. The quantitative estimate of drug-likeness (QED) is 0.807. The summed E-state index contributed by atoms with van der Waals surface area (Å²) in [6.45, 7) is 1.28. The predicted octanol–water partition coefficient (Wildman–Crippen LogP) is 0.440. The van der Waals surface area contributed by atoms with Crippen molar-refractivity contribution in [2.75, 3.05) is 13.1 Å². The molecule has 0 bridgehead atoms. The number of piperidine rings is 1. The molecule has 2 aromatic heterocycles. The van der Waals surface area contributed by atoms with E-state index in [0.29, 0.717) is 18.1 Å². The van der Waals surface area contributed by atoms with Crippen LogP contribution in [0.1, 0.15) is 19.3 Å². The molecule has 138 valence electrons. The van der Waals surface area contributed by atoms with Crippen LogP contribution < -0.4 is 16.0 Å². The molecule has 0 aliphatic carbocycles. The number of hydrogen-bond donors (Lipinski definition) is 1. The van der Waals surface area contributed by atoms with Crippen LogP contribution in [-0.4, -0.2) is 49.5 Å². The Morgan fingerprint density at radius 1 is 1.35 bits per heavy atom. The molecule has 0 spiro atoms. The topological polar surface area (TPSA) is 110 Å². The van der Waals surface area contributed by atoms with Gasteiger partial charge in [0.15, 0.2) is 0 Å². The van der Waals surface area contributed by atoms with E-state index < -0.39 is 11.2 Å². The first-order chi connectivity index (χ1) is 12.5. The highest BCUT2D eigenvalue weighted by molar-refractivity contribution is 6.30. The number of halogens is 1. The van der Waals surface area contributed by atoms with Crippen molar-refractivity contribution in [2.45, 2.75) is 31.9 Å². The number of hydrogen-bond acceptors (Lipinski definition) is 6. The standard InChI is InChI=1S/C16H18ClN5O4/c17-11-8-18-15(19-9-11)26-12-2-1-5-22(10-12)14(24)4-7-21-6-3-13(23)20-16(21)25/h3,6,8-9,12H,1-2,4-5,7,10H2,(H,20,23,25)/t12-/m1/s1. The third kappa shape index (κ3) is 4.69. The van der Waals surface area contributed by atoms with Gasteiger partial charge in [0.1, 0.15) is 6.10 Å². The van der Waals surface area contributed by atoms with Crippen molar-refractivity contribution in [3.05, 3.63) is 50.5 Å². The molecular formula is C16H18ClN5O4. The fraction of sp³-hybridized carbons (Fsp3) is 0.438. The van der Waals surface area contributed by atoms with Crippen LogP contribution in [0.25, 0.3) is 0 Å². The number of rotatable bonds is 5. The number of H-pyrrole nitrogens is 1. The van der Waals surface area contributed by atoms with E-state index in [1.54, 1.807) is 4.90 Å². The predicted molar refractivity (Wildman–Crippen MR) is 93.2 cm³/mol. The van der Waals surface area contributed by atoms with E-state index in [4.69, 9.17) is 16.3 Å². The van der Waals surface area contributed by atoms with Gasteiger partial charge in [0.25, 0.3) is 5.56 Å². The minimum atomic E-state index is -0.523. The fourth-order valence-corrected chi connectivity index (χ4v) is 2.86. The first kappa shape index (κ1) is 18.1. The van der Waals surface area contributed by atoms with E-state index in [1.165, 1.54) is 29.2 Å². The maximum atomic E-state index is 12.4. The molecule has 1 saturated heterocycles. The van der Waals surface area contributed by atoms with Gasteiger partial charge in [-0.2, -0.15) is 0 Å². The molecule has 3 rings (SSSR count). The Balaban J connectivity index is 1.54. The molecule has 3 heterocycles. The summed E-state index contributed by atoms with van der Waals surface area (Å²) in [5.41, 5.74) is -0.983. The highest BCUT2D eigenvalue weighted by Gasteiger charge is 2.25. The Morgan fingerprint density at radius 3 is 2.85 bits per heavy atom. The van der Waals surface area contributed by atoms with Gasteiger partial charge in [0.05, 0.1) is 24.0 Å². The van der Waals surface area contributed by atoms with Gasteiger partial charge in [-0.3, -0.25) is 14.6 Å². The minimum Gasteiger partial charge on any atom is -0.458 e. The molecule has 1 atom stereocenters. The van der Waals surface area contributed by atoms with Gasteiger partial charge in [0, 0.05) is 31.8 Å². The lowest BCUT2D eigenvalue weighted by molar-refractivity contribution is -0.134. The minimum absolute atomic E-state index is 0.0755. The molecule has 1 amide bonds. The Labute approximate surface area is 153 Å². The maximum Gasteiger partial charge on any atom is 0.328 e. The number of nitrogens with zero attached hydrogens (tertiary/aromatic N) is 4. The summed E-state index contributed by atoms with van der Waals surface area (Å²) >= 11 is 5.75. The molecular weight excluding hydrogens is 362 g/mol. The van der Waals surface area contributed by atoms with Gasteiger partial charge >= 0.3 is 11.7 Å². The SMILES string of the molecule is O=C(CCn1ccc(=O)[nH]c1=O)N1CCC[C@@H](Oc2ncc(Cl)cn2)C1. The van der Waals surface area contributed by atoms with Crippen molar-refractivity contribution in [1.29, 1.82) is 0 Å². The molecule has 26 heavy (non-hydrogen) atoms. The van der Waals surface area contributed by atoms with E-state index in [2.05, 4.69) is 15.0 Å². The molecule has 1 aliphatic rings. The Morgan fingerprint density at radius 2 is 2.12 bits per heavy atom. The second kappa shape index (κ2) is 8.13. The zero-order valence-electron chi connectivity index (χ0n) is 13.9. The molecule has 0 aromatic carbocycles. The molecule has 0 radical (unpaired) electrons. The van der Waals surface area contributed by atoms with Crippen LogP contribution in [-0.2, 0) is 11.3 Å². The van der Waals surface area contributed by atoms with Gasteiger partial charge in [-0.05, 0) is 12.8 Å². The first-order valence-electron chi connectivity index (χ1n) is 8.23. The van der Waals surface area contributed by atoms with Crippen LogP contribution >= 0.6 is 11.6 Å². The van der Waals surface area contributed by atoms with Crippen LogP contribution in [0.2, 0.25) is 5.02 Å². The first-order valence-corrected chi connectivity index (χ1v) is 8.61. The summed E-state index contributed by atoms with van der Waals surface area (Å²) in [6.07, 6.45) is 5.88. The number of ether oxygens (including phenoxy) is 1. The largest absolute Gasteiger partial charge is 0.458 e. The Hall–Kier alpha value is -2.68. The molecule has 1 N–H and O–H groups in total. The molecule has 1 fully saturated rings. The fourth-order valence-electron chi connectivity index (χ4n) is 2.77. The lowest BCUT2D eigenvalue weighted by Gasteiger charge is -2.32. The third-order valence-electron chi connectivity index (χ3n) is 4.06. The van der Waals surface area contributed by atoms with E-state index in [0.717, 1.165) is 12.8 Å². The monoisotopic (exact) mass is 379 g/mol. The number of amides is 1. The van der Waals surface area contributed by atoms with Gasteiger partial charge in [-0.15, -0.1) is 0 Å². The maximum absolute atomic E-state index is 12.4. The molecule has 0 saturated carbocycles. The van der Waals surface area contributed by atoms with Crippen molar-refractivity contribution in [3.63, 3.8) is 0 Å². The van der Waals surface area contributed by atoms with Gasteiger partial charge < -0.3 is 14.2 Å². The lowest BCUT2D eigenvalue weighted by Crippen LogP contribution is -2.45. The number of carbonyl (C=O) groups excluding carboxylic acids is 1. The molecule has 2 aromatic rings. The van der Waals surface area contributed by atoms with Crippen LogP contribution in [0, 0.1) is 0 Å². The molecule has 10 heteroatoms. The van der Waals surface area contributed by atoms with E-state index in [-0.39, 0.29) is 31.0 Å². The Bertz CT molecular complexity index is 879. The highest BCUT2D eigenvalue weighted by Crippen LogP contribution is 2.17. The zero-order valence-corrected chi connectivity index (χ0v) is 14.7. The summed E-state index contributed by atoms with van der Waals surface area (Å²) in [6, 6.07) is 1.48. The van der Waals surface area contributed by atoms with E-state index >= 15 is 0 Å². The van der Waals surface area contributed by atoms with Crippen LogP contribution in [0.3, 0.4) is 0 Å². The van der Waals surface area contributed by atoms with Crippen molar-refractivity contribution in [1.82, 2.24) is 24.4 Å².